The van der Waals surface area contributed by atoms with Gasteiger partial charge in [0.15, 0.2) is 5.96 Å². The third-order valence-corrected chi connectivity index (χ3v) is 2.99. The molecule has 0 unspecified atom stereocenters. The van der Waals surface area contributed by atoms with E-state index in [1.165, 1.54) is 44.9 Å². The summed E-state index contributed by atoms with van der Waals surface area (Å²) < 4.78 is 0. The van der Waals surface area contributed by atoms with Gasteiger partial charge in [-0.3, -0.25) is 4.99 Å². The molecule has 0 aromatic carbocycles. The Labute approximate surface area is 93.7 Å². The maximum absolute atomic E-state index is 4.25. The highest BCUT2D eigenvalue weighted by molar-refractivity contribution is 5.79. The van der Waals surface area contributed by atoms with Crippen molar-refractivity contribution in [2.24, 2.45) is 4.99 Å². The molecule has 1 rings (SSSR count). The second-order valence-corrected chi connectivity index (χ2v) is 4.33. The van der Waals surface area contributed by atoms with Gasteiger partial charge >= 0.3 is 0 Å². The van der Waals surface area contributed by atoms with E-state index in [4.69, 9.17) is 0 Å². The van der Waals surface area contributed by atoms with Crippen LogP contribution in [0.25, 0.3) is 0 Å². The highest BCUT2D eigenvalue weighted by Crippen LogP contribution is 2.17. The molecule has 0 heterocycles. The second-order valence-electron chi connectivity index (χ2n) is 4.33. The predicted octanol–water partition coefficient (Wildman–Crippen LogP) is 2.28. The van der Waals surface area contributed by atoms with Gasteiger partial charge in [0, 0.05) is 19.6 Å². The van der Waals surface area contributed by atoms with E-state index in [1.54, 1.807) is 0 Å². The van der Waals surface area contributed by atoms with Crippen molar-refractivity contribution in [1.29, 1.82) is 0 Å². The fourth-order valence-corrected chi connectivity index (χ4v) is 2.02. The number of hydrogen-bond acceptors (Lipinski definition) is 1. The van der Waals surface area contributed by atoms with Crippen LogP contribution in [0.3, 0.4) is 0 Å². The molecule has 0 aliphatic heterocycles. The van der Waals surface area contributed by atoms with Crippen LogP contribution in [0.2, 0.25) is 0 Å². The van der Waals surface area contributed by atoms with Gasteiger partial charge in [0.05, 0.1) is 0 Å². The lowest BCUT2D eigenvalue weighted by Crippen LogP contribution is -2.44. The topological polar surface area (TPSA) is 36.4 Å². The molecule has 0 amide bonds. The molecule has 3 heteroatoms. The summed E-state index contributed by atoms with van der Waals surface area (Å²) in [5, 5.41) is 6.86. The van der Waals surface area contributed by atoms with Crippen molar-refractivity contribution in [3.63, 3.8) is 0 Å². The normalized spacial score (nSPS) is 18.9. The van der Waals surface area contributed by atoms with Gasteiger partial charge in [-0.1, -0.05) is 32.6 Å². The summed E-state index contributed by atoms with van der Waals surface area (Å²) in [4.78, 5) is 4.25. The molecule has 2 N–H and O–H groups in total. The van der Waals surface area contributed by atoms with Crippen molar-refractivity contribution in [3.05, 3.63) is 0 Å². The Hall–Kier alpha value is -0.730. The molecule has 0 radical (unpaired) electrons. The minimum absolute atomic E-state index is 0.645. The number of aliphatic imine (C=N–C) groups is 1. The second kappa shape index (κ2) is 7.55. The van der Waals surface area contributed by atoms with Gasteiger partial charge in [-0.25, -0.2) is 0 Å². The molecule has 0 aromatic heterocycles. The zero-order valence-electron chi connectivity index (χ0n) is 10.2. The number of rotatable bonds is 4. The smallest absolute Gasteiger partial charge is 0.191 e. The van der Waals surface area contributed by atoms with Crippen LogP contribution >= 0.6 is 0 Å². The Bertz CT molecular complexity index is 183. The van der Waals surface area contributed by atoms with Crippen molar-refractivity contribution >= 4 is 5.96 Å². The summed E-state index contributed by atoms with van der Waals surface area (Å²) in [5.74, 6) is 0.982. The van der Waals surface area contributed by atoms with Gasteiger partial charge in [-0.05, 0) is 19.3 Å². The van der Waals surface area contributed by atoms with Crippen molar-refractivity contribution in [3.8, 4) is 0 Å². The Morgan fingerprint density at radius 2 is 2.00 bits per heavy atom. The van der Waals surface area contributed by atoms with Crippen LogP contribution < -0.4 is 10.6 Å². The lowest BCUT2D eigenvalue weighted by Gasteiger charge is -2.24. The fraction of sp³-hybridized carbons (Fsp3) is 0.917. The Morgan fingerprint density at radius 1 is 1.27 bits per heavy atom. The van der Waals surface area contributed by atoms with E-state index in [1.807, 2.05) is 7.05 Å². The molecule has 1 fully saturated rings. The van der Waals surface area contributed by atoms with E-state index in [-0.39, 0.29) is 0 Å². The highest BCUT2D eigenvalue weighted by atomic mass is 15.2. The van der Waals surface area contributed by atoms with Gasteiger partial charge in [0.1, 0.15) is 0 Å². The van der Waals surface area contributed by atoms with E-state index in [0.717, 1.165) is 12.5 Å². The van der Waals surface area contributed by atoms with Crippen LogP contribution in [0, 0.1) is 0 Å². The summed E-state index contributed by atoms with van der Waals surface area (Å²) in [6.07, 6.45) is 9.18. The standard InChI is InChI=1S/C12H25N3/c1-3-4-10-14-12(13-2)15-11-8-6-5-7-9-11/h11H,3-10H2,1-2H3,(H2,13,14,15). The molecule has 0 bridgehead atoms. The number of hydrogen-bond donors (Lipinski definition) is 2. The van der Waals surface area contributed by atoms with Gasteiger partial charge in [0.25, 0.3) is 0 Å². The number of guanidine groups is 1. The fourth-order valence-electron chi connectivity index (χ4n) is 2.02. The van der Waals surface area contributed by atoms with E-state index in [2.05, 4.69) is 22.5 Å². The summed E-state index contributed by atoms with van der Waals surface area (Å²) in [7, 11) is 1.85. The largest absolute Gasteiger partial charge is 0.356 e. The van der Waals surface area contributed by atoms with Crippen molar-refractivity contribution < 1.29 is 0 Å². The summed E-state index contributed by atoms with van der Waals surface area (Å²) >= 11 is 0. The first-order chi connectivity index (χ1) is 7.36. The zero-order chi connectivity index (χ0) is 10.9. The van der Waals surface area contributed by atoms with Crippen molar-refractivity contribution in [2.45, 2.75) is 57.9 Å². The predicted molar refractivity (Wildman–Crippen MR) is 66.3 cm³/mol. The van der Waals surface area contributed by atoms with Crippen LogP contribution in [0.5, 0.6) is 0 Å². The van der Waals surface area contributed by atoms with Crippen LogP contribution in [-0.4, -0.2) is 25.6 Å². The lowest BCUT2D eigenvalue weighted by molar-refractivity contribution is 0.410. The molecule has 1 aliphatic carbocycles. The Balaban J connectivity index is 2.20. The van der Waals surface area contributed by atoms with Gasteiger partial charge in [0.2, 0.25) is 0 Å². The van der Waals surface area contributed by atoms with Crippen LogP contribution in [0.1, 0.15) is 51.9 Å². The first kappa shape index (κ1) is 12.3. The molecular weight excluding hydrogens is 186 g/mol. The number of nitrogens with one attached hydrogen (secondary N) is 2. The SMILES string of the molecule is CCCCNC(=NC)NC1CCCCC1. The molecule has 1 saturated carbocycles. The minimum Gasteiger partial charge on any atom is -0.356 e. The van der Waals surface area contributed by atoms with E-state index < -0.39 is 0 Å². The van der Waals surface area contributed by atoms with Gasteiger partial charge in [-0.2, -0.15) is 0 Å². The first-order valence-electron chi connectivity index (χ1n) is 6.34. The average Bonchev–Trinajstić information content (AvgIpc) is 2.29. The maximum Gasteiger partial charge on any atom is 0.191 e. The highest BCUT2D eigenvalue weighted by Gasteiger charge is 2.13. The molecule has 0 saturated heterocycles. The maximum atomic E-state index is 4.25. The molecule has 0 aromatic rings. The summed E-state index contributed by atoms with van der Waals surface area (Å²) in [5.41, 5.74) is 0. The lowest BCUT2D eigenvalue weighted by atomic mass is 9.96. The molecular formula is C12H25N3. The van der Waals surface area contributed by atoms with Gasteiger partial charge in [-0.15, -0.1) is 0 Å². The average molecular weight is 211 g/mol. The minimum atomic E-state index is 0.645. The first-order valence-corrected chi connectivity index (χ1v) is 6.34. The van der Waals surface area contributed by atoms with Crippen LogP contribution in [0.15, 0.2) is 4.99 Å². The quantitative estimate of drug-likeness (QED) is 0.425. The van der Waals surface area contributed by atoms with Crippen LogP contribution in [-0.2, 0) is 0 Å². The molecule has 0 atom stereocenters. The Kier molecular flexibility index (Phi) is 6.21. The van der Waals surface area contributed by atoms with E-state index >= 15 is 0 Å². The molecule has 15 heavy (non-hydrogen) atoms. The van der Waals surface area contributed by atoms with Gasteiger partial charge < -0.3 is 10.6 Å². The summed E-state index contributed by atoms with van der Waals surface area (Å²) in [6.45, 7) is 3.24. The van der Waals surface area contributed by atoms with Crippen LogP contribution in [0.4, 0.5) is 0 Å². The van der Waals surface area contributed by atoms with Crippen molar-refractivity contribution in [1.82, 2.24) is 10.6 Å². The van der Waals surface area contributed by atoms with Crippen molar-refractivity contribution in [2.75, 3.05) is 13.6 Å². The molecule has 1 aliphatic rings. The molecule has 3 nitrogen and oxygen atoms in total. The number of nitrogens with zero attached hydrogens (tertiary/aromatic N) is 1. The molecule has 0 spiro atoms. The third-order valence-electron chi connectivity index (χ3n) is 2.99. The van der Waals surface area contributed by atoms with E-state index in [0.29, 0.717) is 6.04 Å². The zero-order valence-corrected chi connectivity index (χ0v) is 10.2. The third kappa shape index (κ3) is 5.05. The molecule has 88 valence electrons. The van der Waals surface area contributed by atoms with E-state index in [9.17, 15) is 0 Å². The number of unbranched alkanes of at least 4 members (excludes halogenated alkanes) is 1. The Morgan fingerprint density at radius 3 is 2.60 bits per heavy atom. The monoisotopic (exact) mass is 211 g/mol. The summed E-state index contributed by atoms with van der Waals surface area (Å²) in [6, 6.07) is 0.645.